The molecule has 0 atom stereocenters. The quantitative estimate of drug-likeness (QED) is 0.291. The van der Waals surface area contributed by atoms with Crippen LogP contribution in [-0.4, -0.2) is 50.8 Å². The van der Waals surface area contributed by atoms with E-state index in [1.54, 1.807) is 30.5 Å². The fraction of sp³-hybridized carbons (Fsp3) is 0.231. The van der Waals surface area contributed by atoms with Gasteiger partial charge in [-0.05, 0) is 48.4 Å². The normalized spacial score (nSPS) is 13.3. The van der Waals surface area contributed by atoms with Crippen molar-refractivity contribution in [3.8, 4) is 0 Å². The number of halogens is 7. The lowest BCUT2D eigenvalue weighted by atomic mass is 10.2. The molecule has 1 fully saturated rings. The fourth-order valence-electron chi connectivity index (χ4n) is 3.81. The van der Waals surface area contributed by atoms with Gasteiger partial charge in [-0.3, -0.25) is 4.79 Å². The molecule has 216 valence electrons. The number of rotatable bonds is 5. The Morgan fingerprint density at radius 3 is 2.10 bits per heavy atom. The molecular weight excluding hydrogens is 563 g/mol. The monoisotopic (exact) mass is 583 g/mol. The van der Waals surface area contributed by atoms with Crippen molar-refractivity contribution in [3.05, 3.63) is 83.6 Å². The maximum atomic E-state index is 13.3. The number of anilines is 2. The second-order valence-electron chi connectivity index (χ2n) is 8.88. The Balaban J connectivity index is 0.000000493. The summed E-state index contributed by atoms with van der Waals surface area (Å²) in [7, 11) is 0. The Hall–Kier alpha value is -4.69. The van der Waals surface area contributed by atoms with Crippen molar-refractivity contribution >= 4 is 34.4 Å². The van der Waals surface area contributed by atoms with E-state index in [-0.39, 0.29) is 23.3 Å². The Morgan fingerprint density at radius 1 is 0.927 bits per heavy atom. The molecule has 3 aromatic heterocycles. The Labute approximate surface area is 227 Å². The predicted octanol–water partition coefficient (Wildman–Crippen LogP) is 5.73. The van der Waals surface area contributed by atoms with Gasteiger partial charge in [0.25, 0.3) is 5.91 Å². The van der Waals surface area contributed by atoms with Crippen LogP contribution in [0.25, 0.3) is 11.0 Å². The van der Waals surface area contributed by atoms with E-state index in [0.29, 0.717) is 11.3 Å². The lowest BCUT2D eigenvalue weighted by Crippen LogP contribution is -2.37. The number of hydrogen-bond donors (Lipinski definition) is 2. The highest BCUT2D eigenvalue weighted by molar-refractivity contribution is 6.06. The molecule has 41 heavy (non-hydrogen) atoms. The molecule has 8 nitrogen and oxygen atoms in total. The van der Waals surface area contributed by atoms with Crippen molar-refractivity contribution in [2.75, 3.05) is 23.3 Å². The average Bonchev–Trinajstić information content (AvgIpc) is 3.22. The predicted molar refractivity (Wildman–Crippen MR) is 133 cm³/mol. The number of carbonyl (C=O) groups is 2. The molecule has 1 amide bonds. The minimum absolute atomic E-state index is 0.122. The van der Waals surface area contributed by atoms with Crippen LogP contribution in [0.1, 0.15) is 28.0 Å². The molecule has 1 aliphatic heterocycles. The number of benzene rings is 1. The minimum atomic E-state index is -5.08. The molecule has 0 spiro atoms. The summed E-state index contributed by atoms with van der Waals surface area (Å²) >= 11 is 0. The fourth-order valence-corrected chi connectivity index (χ4v) is 3.81. The van der Waals surface area contributed by atoms with Gasteiger partial charge in [0, 0.05) is 31.2 Å². The lowest BCUT2D eigenvalue weighted by molar-refractivity contribution is -0.192. The van der Waals surface area contributed by atoms with Crippen LogP contribution in [0.2, 0.25) is 0 Å². The van der Waals surface area contributed by atoms with Crippen LogP contribution >= 0.6 is 0 Å². The molecule has 2 N–H and O–H groups in total. The molecule has 0 radical (unpaired) electrons. The van der Waals surface area contributed by atoms with Crippen molar-refractivity contribution in [2.45, 2.75) is 25.3 Å². The van der Waals surface area contributed by atoms with Crippen molar-refractivity contribution in [1.82, 2.24) is 14.5 Å². The number of alkyl halides is 6. The van der Waals surface area contributed by atoms with Crippen molar-refractivity contribution in [3.63, 3.8) is 0 Å². The molecule has 15 heteroatoms. The third-order valence-corrected chi connectivity index (χ3v) is 5.98. The summed E-state index contributed by atoms with van der Waals surface area (Å²) in [5, 5.41) is 10.1. The van der Waals surface area contributed by atoms with E-state index in [0.717, 1.165) is 37.6 Å². The summed E-state index contributed by atoms with van der Waals surface area (Å²) < 4.78 is 86.2. The largest absolute Gasteiger partial charge is 0.490 e. The van der Waals surface area contributed by atoms with Crippen LogP contribution in [-0.2, 0) is 17.5 Å². The van der Waals surface area contributed by atoms with Crippen molar-refractivity contribution < 1.29 is 45.4 Å². The Kier molecular flexibility index (Phi) is 8.17. The van der Waals surface area contributed by atoms with Gasteiger partial charge in [0.05, 0.1) is 17.4 Å². The number of amides is 1. The number of aromatic nitrogens is 3. The van der Waals surface area contributed by atoms with E-state index in [2.05, 4.69) is 20.2 Å². The summed E-state index contributed by atoms with van der Waals surface area (Å²) in [6.45, 7) is 2.00. The molecule has 4 aromatic rings. The number of nitrogens with zero attached hydrogens (tertiary/aromatic N) is 4. The molecule has 0 aliphatic carbocycles. The van der Waals surface area contributed by atoms with Gasteiger partial charge in [0.15, 0.2) is 0 Å². The third-order valence-electron chi connectivity index (χ3n) is 5.98. The van der Waals surface area contributed by atoms with Crippen molar-refractivity contribution in [2.24, 2.45) is 0 Å². The highest BCUT2D eigenvalue weighted by atomic mass is 19.4. The topological polar surface area (TPSA) is 100 Å². The maximum Gasteiger partial charge on any atom is 0.490 e. The van der Waals surface area contributed by atoms with Gasteiger partial charge >= 0.3 is 18.3 Å². The maximum absolute atomic E-state index is 13.3. The number of carboxylic acid groups (broad SMARTS) is 1. The number of nitrogens with one attached hydrogen (secondary N) is 1. The molecule has 5 rings (SSSR count). The smallest absolute Gasteiger partial charge is 0.475 e. The summed E-state index contributed by atoms with van der Waals surface area (Å²) in [4.78, 5) is 32.5. The van der Waals surface area contributed by atoms with Crippen LogP contribution in [0.3, 0.4) is 0 Å². The van der Waals surface area contributed by atoms with E-state index in [1.165, 1.54) is 22.8 Å². The minimum Gasteiger partial charge on any atom is -0.475 e. The number of hydrogen-bond acceptors (Lipinski definition) is 5. The van der Waals surface area contributed by atoms with Gasteiger partial charge < -0.3 is 19.9 Å². The van der Waals surface area contributed by atoms with E-state index in [9.17, 15) is 35.5 Å². The summed E-state index contributed by atoms with van der Waals surface area (Å²) in [5.41, 5.74) is 0.551. The van der Waals surface area contributed by atoms with Gasteiger partial charge in [-0.15, -0.1) is 0 Å². The number of aliphatic carboxylic acids is 1. The van der Waals surface area contributed by atoms with E-state index < -0.39 is 35.6 Å². The summed E-state index contributed by atoms with van der Waals surface area (Å²) in [5.74, 6) is -2.88. The molecule has 1 aromatic carbocycles. The zero-order chi connectivity index (χ0) is 29.9. The van der Waals surface area contributed by atoms with E-state index in [4.69, 9.17) is 9.90 Å². The first kappa shape index (κ1) is 29.3. The molecule has 4 heterocycles. The van der Waals surface area contributed by atoms with Gasteiger partial charge in [0.2, 0.25) is 0 Å². The second kappa shape index (κ2) is 11.4. The highest BCUT2D eigenvalue weighted by Gasteiger charge is 2.38. The van der Waals surface area contributed by atoms with Crippen LogP contribution in [0.4, 0.5) is 42.2 Å². The average molecular weight is 583 g/mol. The van der Waals surface area contributed by atoms with Crippen LogP contribution in [0.15, 0.2) is 60.9 Å². The zero-order valence-corrected chi connectivity index (χ0v) is 20.8. The molecule has 0 saturated carbocycles. The second-order valence-corrected chi connectivity index (χ2v) is 8.88. The molecule has 1 aliphatic rings. The first-order chi connectivity index (χ1) is 19.2. The standard InChI is InChI=1S/C24H19F4N5O.C2HF3O2/c25-18-4-2-15(3-5-18)14-33-20(11-16-10-17(24(26,27)28)12-30-22(16)33)23(34)31-19-6-7-21(29-13-19)32-8-1-9-32;3-2(4,5)1(6)7/h2-7,10-13H,1,8-9,14H2,(H,31,34);(H,6,7). The first-order valence-electron chi connectivity index (χ1n) is 11.9. The lowest BCUT2D eigenvalue weighted by Gasteiger charge is -2.31. The molecule has 1 saturated heterocycles. The van der Waals surface area contributed by atoms with Crippen LogP contribution in [0, 0.1) is 5.82 Å². The number of pyridine rings is 2. The Morgan fingerprint density at radius 2 is 1.59 bits per heavy atom. The highest BCUT2D eigenvalue weighted by Crippen LogP contribution is 2.32. The molecular formula is C26H20F7N5O3. The van der Waals surface area contributed by atoms with Gasteiger partial charge in [-0.1, -0.05) is 12.1 Å². The SMILES string of the molecule is O=C(Nc1ccc(N2CCC2)nc1)c1cc2cc(C(F)(F)F)cnc2n1Cc1ccc(F)cc1.O=C(O)C(F)(F)F. The first-order valence-corrected chi connectivity index (χ1v) is 11.9. The molecule has 0 bridgehead atoms. The van der Waals surface area contributed by atoms with E-state index >= 15 is 0 Å². The number of carboxylic acids is 1. The third kappa shape index (κ3) is 7.10. The number of fused-ring (bicyclic) bond motifs is 1. The van der Waals surface area contributed by atoms with Crippen LogP contribution < -0.4 is 10.2 Å². The van der Waals surface area contributed by atoms with Gasteiger partial charge in [-0.25, -0.2) is 19.2 Å². The van der Waals surface area contributed by atoms with Crippen molar-refractivity contribution in [1.29, 1.82) is 0 Å². The van der Waals surface area contributed by atoms with Gasteiger partial charge in [0.1, 0.15) is 23.0 Å². The molecule has 0 unspecified atom stereocenters. The summed E-state index contributed by atoms with van der Waals surface area (Å²) in [6.07, 6.45) is -6.25. The van der Waals surface area contributed by atoms with Crippen LogP contribution in [0.5, 0.6) is 0 Å². The van der Waals surface area contributed by atoms with E-state index in [1.807, 2.05) is 0 Å². The number of carbonyl (C=O) groups excluding carboxylic acids is 1. The van der Waals surface area contributed by atoms with Gasteiger partial charge in [-0.2, -0.15) is 26.3 Å². The zero-order valence-electron chi connectivity index (χ0n) is 20.8. The Bertz CT molecular complexity index is 1550. The summed E-state index contributed by atoms with van der Waals surface area (Å²) in [6, 6.07) is 11.5.